The Morgan fingerprint density at radius 2 is 1.60 bits per heavy atom. The van der Waals surface area contributed by atoms with Gasteiger partial charge in [-0.15, -0.1) is 0 Å². The third-order valence-electron chi connectivity index (χ3n) is 5.07. The summed E-state index contributed by atoms with van der Waals surface area (Å²) in [5.74, 6) is -1.18. The van der Waals surface area contributed by atoms with Crippen LogP contribution >= 0.6 is 0 Å². The standard InChI is InChI=1S/C25H21FN2O2/c1-17-10-12-19(13-11-17)22-23(27-21-9-5-8-20(26)16-21)25(30)28(24(22)29)15-14-18-6-3-2-4-7-18/h2-13,16,27H,14-15H2,1H3. The summed E-state index contributed by atoms with van der Waals surface area (Å²) in [6.45, 7) is 2.23. The summed E-state index contributed by atoms with van der Waals surface area (Å²) in [5.41, 5.74) is 3.64. The fraction of sp³-hybridized carbons (Fsp3) is 0.120. The number of benzene rings is 3. The molecule has 0 spiro atoms. The average Bonchev–Trinajstić information content (AvgIpc) is 2.97. The molecular formula is C25H21FN2O2. The summed E-state index contributed by atoms with van der Waals surface area (Å²) < 4.78 is 13.6. The molecule has 0 unspecified atom stereocenters. The zero-order valence-corrected chi connectivity index (χ0v) is 16.6. The van der Waals surface area contributed by atoms with Crippen LogP contribution in [-0.2, 0) is 16.0 Å². The van der Waals surface area contributed by atoms with Gasteiger partial charge < -0.3 is 5.32 Å². The van der Waals surface area contributed by atoms with Crippen LogP contribution in [0, 0.1) is 12.7 Å². The molecular weight excluding hydrogens is 379 g/mol. The molecule has 2 amide bonds. The normalized spacial score (nSPS) is 13.9. The molecule has 1 aliphatic rings. The molecule has 1 heterocycles. The molecule has 0 atom stereocenters. The van der Waals surface area contributed by atoms with Crippen LogP contribution in [0.15, 0.2) is 84.6 Å². The highest BCUT2D eigenvalue weighted by Gasteiger charge is 2.38. The third kappa shape index (κ3) is 4.01. The quantitative estimate of drug-likeness (QED) is 0.617. The van der Waals surface area contributed by atoms with E-state index in [1.807, 2.05) is 61.5 Å². The Bertz CT molecular complexity index is 1120. The lowest BCUT2D eigenvalue weighted by molar-refractivity contribution is -0.136. The SMILES string of the molecule is Cc1ccc(C2=C(Nc3cccc(F)c3)C(=O)N(CCc3ccccc3)C2=O)cc1. The Kier molecular flexibility index (Phi) is 5.44. The summed E-state index contributed by atoms with van der Waals surface area (Å²) in [7, 11) is 0. The number of halogens is 1. The minimum atomic E-state index is -0.421. The van der Waals surface area contributed by atoms with E-state index in [0.717, 1.165) is 11.1 Å². The van der Waals surface area contributed by atoms with Gasteiger partial charge in [0.15, 0.2) is 0 Å². The van der Waals surface area contributed by atoms with Crippen molar-refractivity contribution in [2.75, 3.05) is 11.9 Å². The Morgan fingerprint density at radius 3 is 2.30 bits per heavy atom. The highest BCUT2D eigenvalue weighted by molar-refractivity contribution is 6.36. The second-order valence-corrected chi connectivity index (χ2v) is 7.25. The van der Waals surface area contributed by atoms with E-state index in [1.165, 1.54) is 17.0 Å². The lowest BCUT2D eigenvalue weighted by atomic mass is 10.0. The van der Waals surface area contributed by atoms with Crippen LogP contribution in [0.5, 0.6) is 0 Å². The van der Waals surface area contributed by atoms with Crippen LogP contribution in [0.2, 0.25) is 0 Å². The van der Waals surface area contributed by atoms with Crippen molar-refractivity contribution in [3.8, 4) is 0 Å². The maximum atomic E-state index is 13.6. The number of nitrogens with zero attached hydrogens (tertiary/aromatic N) is 1. The smallest absolute Gasteiger partial charge is 0.278 e. The molecule has 1 N–H and O–H groups in total. The van der Waals surface area contributed by atoms with Gasteiger partial charge >= 0.3 is 0 Å². The van der Waals surface area contributed by atoms with Crippen molar-refractivity contribution in [1.82, 2.24) is 4.90 Å². The van der Waals surface area contributed by atoms with Crippen molar-refractivity contribution in [2.24, 2.45) is 0 Å². The van der Waals surface area contributed by atoms with Crippen molar-refractivity contribution in [1.29, 1.82) is 0 Å². The average molecular weight is 400 g/mol. The topological polar surface area (TPSA) is 49.4 Å². The van der Waals surface area contributed by atoms with Crippen LogP contribution in [0.4, 0.5) is 10.1 Å². The highest BCUT2D eigenvalue weighted by Crippen LogP contribution is 2.31. The summed E-state index contributed by atoms with van der Waals surface area (Å²) in [4.78, 5) is 27.6. The minimum Gasteiger partial charge on any atom is -0.350 e. The zero-order chi connectivity index (χ0) is 21.1. The number of imide groups is 1. The Balaban J connectivity index is 1.67. The van der Waals surface area contributed by atoms with Gasteiger partial charge in [-0.2, -0.15) is 0 Å². The van der Waals surface area contributed by atoms with Gasteiger partial charge in [0.05, 0.1) is 5.57 Å². The second kappa shape index (κ2) is 8.33. The first-order chi connectivity index (χ1) is 14.5. The molecule has 1 aliphatic heterocycles. The molecule has 0 bridgehead atoms. The highest BCUT2D eigenvalue weighted by atomic mass is 19.1. The maximum absolute atomic E-state index is 13.6. The van der Waals surface area contributed by atoms with Gasteiger partial charge in [0.2, 0.25) is 0 Å². The predicted molar refractivity (Wildman–Crippen MR) is 115 cm³/mol. The first kappa shape index (κ1) is 19.6. The van der Waals surface area contributed by atoms with Gasteiger partial charge in [-0.05, 0) is 42.7 Å². The number of nitrogens with one attached hydrogen (secondary N) is 1. The molecule has 3 aromatic rings. The summed E-state index contributed by atoms with van der Waals surface area (Å²) in [6, 6.07) is 23.0. The summed E-state index contributed by atoms with van der Waals surface area (Å²) >= 11 is 0. The molecule has 4 nitrogen and oxygen atoms in total. The fourth-order valence-electron chi connectivity index (χ4n) is 3.48. The second-order valence-electron chi connectivity index (χ2n) is 7.25. The number of hydrogen-bond donors (Lipinski definition) is 1. The number of rotatable bonds is 6. The molecule has 0 aromatic heterocycles. The van der Waals surface area contributed by atoms with Gasteiger partial charge in [0, 0.05) is 12.2 Å². The number of carbonyl (C=O) groups is 2. The van der Waals surface area contributed by atoms with E-state index in [2.05, 4.69) is 5.32 Å². The summed E-state index contributed by atoms with van der Waals surface area (Å²) in [5, 5.41) is 2.98. The molecule has 0 saturated carbocycles. The first-order valence-corrected chi connectivity index (χ1v) is 9.77. The number of amides is 2. The van der Waals surface area contributed by atoms with Gasteiger partial charge in [-0.3, -0.25) is 14.5 Å². The number of hydrogen-bond acceptors (Lipinski definition) is 3. The van der Waals surface area contributed by atoms with Crippen molar-refractivity contribution >= 4 is 23.1 Å². The van der Waals surface area contributed by atoms with E-state index in [9.17, 15) is 14.0 Å². The van der Waals surface area contributed by atoms with Crippen molar-refractivity contribution in [3.63, 3.8) is 0 Å². The van der Waals surface area contributed by atoms with Gasteiger partial charge in [0.1, 0.15) is 11.5 Å². The van der Waals surface area contributed by atoms with Crippen molar-refractivity contribution < 1.29 is 14.0 Å². The summed E-state index contributed by atoms with van der Waals surface area (Å²) in [6.07, 6.45) is 0.562. The van der Waals surface area contributed by atoms with E-state index in [4.69, 9.17) is 0 Å². The molecule has 0 saturated heterocycles. The van der Waals surface area contributed by atoms with Crippen LogP contribution in [0.3, 0.4) is 0 Å². The lowest BCUT2D eigenvalue weighted by Gasteiger charge is -2.15. The zero-order valence-electron chi connectivity index (χ0n) is 16.6. The van der Waals surface area contributed by atoms with Crippen LogP contribution in [-0.4, -0.2) is 23.3 Å². The van der Waals surface area contributed by atoms with E-state index in [-0.39, 0.29) is 18.1 Å². The Hall–Kier alpha value is -3.73. The van der Waals surface area contributed by atoms with Gasteiger partial charge in [-0.25, -0.2) is 4.39 Å². The van der Waals surface area contributed by atoms with E-state index in [0.29, 0.717) is 23.2 Å². The van der Waals surface area contributed by atoms with Crippen LogP contribution in [0.1, 0.15) is 16.7 Å². The first-order valence-electron chi connectivity index (χ1n) is 9.77. The molecule has 30 heavy (non-hydrogen) atoms. The lowest BCUT2D eigenvalue weighted by Crippen LogP contribution is -2.34. The predicted octanol–water partition coefficient (Wildman–Crippen LogP) is 4.57. The van der Waals surface area contributed by atoms with Crippen molar-refractivity contribution in [2.45, 2.75) is 13.3 Å². The van der Waals surface area contributed by atoms with E-state index in [1.54, 1.807) is 12.1 Å². The minimum absolute atomic E-state index is 0.169. The molecule has 150 valence electrons. The molecule has 0 radical (unpaired) electrons. The number of anilines is 1. The molecule has 0 fully saturated rings. The molecule has 0 aliphatic carbocycles. The van der Waals surface area contributed by atoms with Crippen LogP contribution in [0.25, 0.3) is 5.57 Å². The third-order valence-corrected chi connectivity index (χ3v) is 5.07. The molecule has 4 rings (SSSR count). The van der Waals surface area contributed by atoms with E-state index >= 15 is 0 Å². The van der Waals surface area contributed by atoms with Crippen LogP contribution < -0.4 is 5.32 Å². The monoisotopic (exact) mass is 400 g/mol. The van der Waals surface area contributed by atoms with Gasteiger partial charge in [0.25, 0.3) is 11.8 Å². The molecule has 5 heteroatoms. The largest absolute Gasteiger partial charge is 0.350 e. The number of aryl methyl sites for hydroxylation is 1. The van der Waals surface area contributed by atoms with E-state index < -0.39 is 11.7 Å². The Morgan fingerprint density at radius 1 is 0.867 bits per heavy atom. The molecule has 3 aromatic carbocycles. The van der Waals surface area contributed by atoms with Crippen molar-refractivity contribution in [3.05, 3.63) is 107 Å². The fourth-order valence-corrected chi connectivity index (χ4v) is 3.48. The van der Waals surface area contributed by atoms with Gasteiger partial charge in [-0.1, -0.05) is 66.2 Å². The number of carbonyl (C=O) groups excluding carboxylic acids is 2. The maximum Gasteiger partial charge on any atom is 0.278 e. The Labute approximate surface area is 174 Å².